The molecule has 0 aliphatic heterocycles. The average Bonchev–Trinajstić information content (AvgIpc) is 3.30. The zero-order valence-electron chi connectivity index (χ0n) is 18.7. The highest BCUT2D eigenvalue weighted by Crippen LogP contribution is 2.31. The Labute approximate surface area is 196 Å². The standard InChI is InChI=1S/C25H25N5O2S/c1-16-11-12-26-24(13-16)30-23-6-4-5-20(29-23)22-15-27-25(33-22)21(28-17(2)31)14-18-7-9-19(32-3)10-8-18/h4-13,15,21H,14H2,1-3H3,(H,28,31)(H,26,29,30)/t21-/m0/s1. The molecule has 1 atom stereocenters. The van der Waals surface area contributed by atoms with Gasteiger partial charge in [-0.05, 0) is 60.9 Å². The predicted molar refractivity (Wildman–Crippen MR) is 131 cm³/mol. The van der Waals surface area contributed by atoms with Crippen molar-refractivity contribution in [3.05, 3.63) is 83.1 Å². The second-order valence-electron chi connectivity index (χ2n) is 7.62. The van der Waals surface area contributed by atoms with Crippen molar-refractivity contribution in [2.24, 2.45) is 0 Å². The summed E-state index contributed by atoms with van der Waals surface area (Å²) >= 11 is 1.52. The van der Waals surface area contributed by atoms with Gasteiger partial charge in [-0.25, -0.2) is 15.0 Å². The number of amides is 1. The Kier molecular flexibility index (Phi) is 6.95. The summed E-state index contributed by atoms with van der Waals surface area (Å²) in [6, 6.07) is 17.3. The van der Waals surface area contributed by atoms with Crippen molar-refractivity contribution in [3.63, 3.8) is 0 Å². The van der Waals surface area contributed by atoms with Gasteiger partial charge in [0.2, 0.25) is 5.91 Å². The number of hydrogen-bond acceptors (Lipinski definition) is 7. The third kappa shape index (κ3) is 5.93. The molecule has 0 bridgehead atoms. The number of hydrogen-bond donors (Lipinski definition) is 2. The molecule has 1 amide bonds. The average molecular weight is 460 g/mol. The van der Waals surface area contributed by atoms with Crippen LogP contribution in [0.15, 0.2) is 67.0 Å². The predicted octanol–water partition coefficient (Wildman–Crippen LogP) is 5.08. The van der Waals surface area contributed by atoms with E-state index in [0.717, 1.165) is 38.3 Å². The summed E-state index contributed by atoms with van der Waals surface area (Å²) in [6.07, 6.45) is 4.20. The first-order chi connectivity index (χ1) is 16.0. The number of nitrogens with zero attached hydrogens (tertiary/aromatic N) is 3. The molecule has 0 unspecified atom stereocenters. The van der Waals surface area contributed by atoms with Gasteiger partial charge in [0.15, 0.2) is 0 Å². The number of anilines is 2. The van der Waals surface area contributed by atoms with E-state index in [2.05, 4.69) is 20.6 Å². The van der Waals surface area contributed by atoms with Gasteiger partial charge in [-0.3, -0.25) is 4.79 Å². The molecule has 4 rings (SSSR count). The molecule has 0 spiro atoms. The number of aryl methyl sites for hydroxylation is 1. The fourth-order valence-electron chi connectivity index (χ4n) is 3.39. The van der Waals surface area contributed by atoms with Crippen molar-refractivity contribution in [1.29, 1.82) is 0 Å². The zero-order valence-corrected chi connectivity index (χ0v) is 19.5. The van der Waals surface area contributed by atoms with Crippen molar-refractivity contribution in [1.82, 2.24) is 20.3 Å². The maximum Gasteiger partial charge on any atom is 0.217 e. The van der Waals surface area contributed by atoms with E-state index in [-0.39, 0.29) is 11.9 Å². The number of ether oxygens (including phenoxy) is 1. The van der Waals surface area contributed by atoms with Crippen LogP contribution in [-0.2, 0) is 11.2 Å². The van der Waals surface area contributed by atoms with Gasteiger partial charge in [0.1, 0.15) is 22.4 Å². The highest BCUT2D eigenvalue weighted by molar-refractivity contribution is 7.15. The lowest BCUT2D eigenvalue weighted by atomic mass is 10.1. The summed E-state index contributed by atoms with van der Waals surface area (Å²) in [5.74, 6) is 2.15. The molecular formula is C25H25N5O2S. The summed E-state index contributed by atoms with van der Waals surface area (Å²) in [5.41, 5.74) is 3.01. The van der Waals surface area contributed by atoms with Gasteiger partial charge in [0.25, 0.3) is 0 Å². The van der Waals surface area contributed by atoms with E-state index in [1.165, 1.54) is 18.3 Å². The summed E-state index contributed by atoms with van der Waals surface area (Å²) in [5, 5.41) is 7.10. The van der Waals surface area contributed by atoms with Crippen LogP contribution in [0.3, 0.4) is 0 Å². The SMILES string of the molecule is COc1ccc(C[C@H](NC(C)=O)c2ncc(-c3cccc(Nc4cc(C)ccn4)n3)s2)cc1. The van der Waals surface area contributed by atoms with Crippen LogP contribution < -0.4 is 15.4 Å². The molecule has 2 N–H and O–H groups in total. The van der Waals surface area contributed by atoms with E-state index in [1.807, 2.05) is 61.5 Å². The van der Waals surface area contributed by atoms with Crippen molar-refractivity contribution >= 4 is 28.9 Å². The summed E-state index contributed by atoms with van der Waals surface area (Å²) in [6.45, 7) is 3.54. The lowest BCUT2D eigenvalue weighted by Gasteiger charge is -2.15. The lowest BCUT2D eigenvalue weighted by Crippen LogP contribution is -2.27. The van der Waals surface area contributed by atoms with E-state index in [1.54, 1.807) is 19.5 Å². The smallest absolute Gasteiger partial charge is 0.217 e. The fourth-order valence-corrected chi connectivity index (χ4v) is 4.33. The number of carbonyl (C=O) groups is 1. The molecule has 0 saturated carbocycles. The minimum atomic E-state index is -0.229. The quantitative estimate of drug-likeness (QED) is 0.382. The number of carbonyl (C=O) groups excluding carboxylic acids is 1. The minimum Gasteiger partial charge on any atom is -0.497 e. The van der Waals surface area contributed by atoms with Gasteiger partial charge in [-0.2, -0.15) is 0 Å². The number of thiazole rings is 1. The summed E-state index contributed by atoms with van der Waals surface area (Å²) < 4.78 is 5.23. The second kappa shape index (κ2) is 10.2. The fraction of sp³-hybridized carbons (Fsp3) is 0.200. The van der Waals surface area contributed by atoms with E-state index in [0.29, 0.717) is 12.2 Å². The maximum atomic E-state index is 11.9. The van der Waals surface area contributed by atoms with Gasteiger partial charge in [-0.15, -0.1) is 11.3 Å². The number of nitrogens with one attached hydrogen (secondary N) is 2. The molecule has 0 aliphatic carbocycles. The molecule has 0 saturated heterocycles. The van der Waals surface area contributed by atoms with Crippen molar-refractivity contribution in [2.75, 3.05) is 12.4 Å². The molecule has 0 fully saturated rings. The largest absolute Gasteiger partial charge is 0.497 e. The molecular weight excluding hydrogens is 434 g/mol. The molecule has 33 heavy (non-hydrogen) atoms. The minimum absolute atomic E-state index is 0.0970. The molecule has 0 radical (unpaired) electrons. The Morgan fingerprint density at radius 3 is 2.64 bits per heavy atom. The first-order valence-electron chi connectivity index (χ1n) is 10.5. The molecule has 1 aromatic carbocycles. The topological polar surface area (TPSA) is 89.0 Å². The number of rotatable bonds is 8. The third-order valence-electron chi connectivity index (χ3n) is 4.97. The van der Waals surface area contributed by atoms with Crippen molar-refractivity contribution < 1.29 is 9.53 Å². The van der Waals surface area contributed by atoms with E-state index in [4.69, 9.17) is 9.72 Å². The molecule has 168 valence electrons. The van der Waals surface area contributed by atoms with Crippen molar-refractivity contribution in [3.8, 4) is 16.3 Å². The van der Waals surface area contributed by atoms with Crippen LogP contribution >= 0.6 is 11.3 Å². The number of methoxy groups -OCH3 is 1. The monoisotopic (exact) mass is 459 g/mol. The Hall–Kier alpha value is -3.78. The molecule has 0 aliphatic rings. The Balaban J connectivity index is 1.54. The number of pyridine rings is 2. The Morgan fingerprint density at radius 1 is 1.09 bits per heavy atom. The van der Waals surface area contributed by atoms with Gasteiger partial charge in [-0.1, -0.05) is 18.2 Å². The molecule has 8 heteroatoms. The Bertz CT molecular complexity index is 1240. The summed E-state index contributed by atoms with van der Waals surface area (Å²) in [7, 11) is 1.64. The highest BCUT2D eigenvalue weighted by Gasteiger charge is 2.19. The zero-order chi connectivity index (χ0) is 23.2. The van der Waals surface area contributed by atoms with Gasteiger partial charge >= 0.3 is 0 Å². The van der Waals surface area contributed by atoms with Crippen molar-refractivity contribution in [2.45, 2.75) is 26.3 Å². The molecule has 7 nitrogen and oxygen atoms in total. The van der Waals surface area contributed by atoms with Crippen LogP contribution in [0.4, 0.5) is 11.6 Å². The van der Waals surface area contributed by atoms with Crippen LogP contribution in [0.2, 0.25) is 0 Å². The first-order valence-corrected chi connectivity index (χ1v) is 11.3. The van der Waals surface area contributed by atoms with E-state index in [9.17, 15) is 4.79 Å². The van der Waals surface area contributed by atoms with Gasteiger partial charge < -0.3 is 15.4 Å². The van der Waals surface area contributed by atoms with Crippen LogP contribution in [0, 0.1) is 6.92 Å². The van der Waals surface area contributed by atoms with Crippen LogP contribution in [0.1, 0.15) is 29.1 Å². The Morgan fingerprint density at radius 2 is 1.91 bits per heavy atom. The van der Waals surface area contributed by atoms with Crippen LogP contribution in [0.25, 0.3) is 10.6 Å². The second-order valence-corrected chi connectivity index (χ2v) is 8.68. The first kappa shape index (κ1) is 22.4. The van der Waals surface area contributed by atoms with E-state index < -0.39 is 0 Å². The van der Waals surface area contributed by atoms with Gasteiger partial charge in [0, 0.05) is 19.3 Å². The maximum absolute atomic E-state index is 11.9. The molecule has 4 aromatic rings. The summed E-state index contributed by atoms with van der Waals surface area (Å²) in [4.78, 5) is 26.4. The molecule has 3 heterocycles. The van der Waals surface area contributed by atoms with Crippen LogP contribution in [-0.4, -0.2) is 28.0 Å². The number of benzene rings is 1. The van der Waals surface area contributed by atoms with E-state index >= 15 is 0 Å². The number of aromatic nitrogens is 3. The van der Waals surface area contributed by atoms with Crippen LogP contribution in [0.5, 0.6) is 5.75 Å². The third-order valence-corrected chi connectivity index (χ3v) is 6.10. The molecule has 3 aromatic heterocycles. The van der Waals surface area contributed by atoms with Gasteiger partial charge in [0.05, 0.1) is 23.7 Å². The highest BCUT2D eigenvalue weighted by atomic mass is 32.1. The lowest BCUT2D eigenvalue weighted by molar-refractivity contribution is -0.119. The normalized spacial score (nSPS) is 11.6.